The van der Waals surface area contributed by atoms with Gasteiger partial charge in [-0.1, -0.05) is 36.4 Å². The SMILES string of the molecule is CSCc1cccc(CNC(=O)CCc2ccc(C(=O)O)cc2)c1. The average Bonchev–Trinajstić information content (AvgIpc) is 2.59. The van der Waals surface area contributed by atoms with Crippen LogP contribution < -0.4 is 5.32 Å². The number of benzene rings is 2. The first-order chi connectivity index (χ1) is 11.6. The van der Waals surface area contributed by atoms with E-state index in [0.29, 0.717) is 19.4 Å². The first kappa shape index (κ1) is 18.1. The van der Waals surface area contributed by atoms with Crippen molar-refractivity contribution in [3.8, 4) is 0 Å². The Hall–Kier alpha value is -2.27. The minimum atomic E-state index is -0.942. The van der Waals surface area contributed by atoms with Crippen molar-refractivity contribution in [2.45, 2.75) is 25.1 Å². The predicted molar refractivity (Wildman–Crippen MR) is 97.2 cm³/mol. The van der Waals surface area contributed by atoms with Crippen molar-refractivity contribution < 1.29 is 14.7 Å². The van der Waals surface area contributed by atoms with Gasteiger partial charge >= 0.3 is 5.97 Å². The highest BCUT2D eigenvalue weighted by molar-refractivity contribution is 7.97. The van der Waals surface area contributed by atoms with Crippen molar-refractivity contribution in [2.24, 2.45) is 0 Å². The van der Waals surface area contributed by atoms with Crippen molar-refractivity contribution >= 4 is 23.6 Å². The van der Waals surface area contributed by atoms with Gasteiger partial charge in [-0.05, 0) is 41.5 Å². The molecule has 2 N–H and O–H groups in total. The zero-order valence-corrected chi connectivity index (χ0v) is 14.4. The molecule has 2 rings (SSSR count). The van der Waals surface area contributed by atoms with Crippen molar-refractivity contribution in [1.82, 2.24) is 5.32 Å². The summed E-state index contributed by atoms with van der Waals surface area (Å²) < 4.78 is 0. The number of aryl methyl sites for hydroxylation is 1. The van der Waals surface area contributed by atoms with Gasteiger partial charge in [-0.15, -0.1) is 0 Å². The van der Waals surface area contributed by atoms with Gasteiger partial charge in [0, 0.05) is 18.7 Å². The Morgan fingerprint density at radius 3 is 2.42 bits per heavy atom. The van der Waals surface area contributed by atoms with E-state index in [1.165, 1.54) is 5.56 Å². The molecule has 1 amide bonds. The van der Waals surface area contributed by atoms with E-state index >= 15 is 0 Å². The minimum Gasteiger partial charge on any atom is -0.478 e. The van der Waals surface area contributed by atoms with Crippen LogP contribution in [0, 0.1) is 0 Å². The number of hydrogen-bond acceptors (Lipinski definition) is 3. The molecule has 0 aliphatic heterocycles. The molecule has 0 atom stereocenters. The molecule has 0 bridgehead atoms. The summed E-state index contributed by atoms with van der Waals surface area (Å²) in [6.45, 7) is 0.527. The van der Waals surface area contributed by atoms with Gasteiger partial charge in [0.05, 0.1) is 5.56 Å². The van der Waals surface area contributed by atoms with Crippen LogP contribution in [0.15, 0.2) is 48.5 Å². The molecule has 4 nitrogen and oxygen atoms in total. The largest absolute Gasteiger partial charge is 0.478 e. The molecular formula is C19H21NO3S. The monoisotopic (exact) mass is 343 g/mol. The highest BCUT2D eigenvalue weighted by Gasteiger charge is 2.05. The molecule has 0 spiro atoms. The van der Waals surface area contributed by atoms with Crippen LogP contribution in [0.3, 0.4) is 0 Å². The second-order valence-corrected chi connectivity index (χ2v) is 6.40. The number of carboxylic acid groups (broad SMARTS) is 1. The van der Waals surface area contributed by atoms with Gasteiger partial charge in [0.2, 0.25) is 5.91 Å². The van der Waals surface area contributed by atoms with E-state index in [2.05, 4.69) is 23.7 Å². The third kappa shape index (κ3) is 5.74. The summed E-state index contributed by atoms with van der Waals surface area (Å²) in [5.41, 5.74) is 3.57. The molecule has 0 aliphatic rings. The summed E-state index contributed by atoms with van der Waals surface area (Å²) in [4.78, 5) is 22.8. The average molecular weight is 343 g/mol. The highest BCUT2D eigenvalue weighted by Crippen LogP contribution is 2.11. The molecule has 0 saturated heterocycles. The molecule has 0 saturated carbocycles. The van der Waals surface area contributed by atoms with Crippen LogP contribution in [-0.2, 0) is 23.5 Å². The van der Waals surface area contributed by atoms with E-state index in [4.69, 9.17) is 5.11 Å². The van der Waals surface area contributed by atoms with E-state index in [1.54, 1.807) is 36.0 Å². The lowest BCUT2D eigenvalue weighted by atomic mass is 10.1. The van der Waals surface area contributed by atoms with E-state index < -0.39 is 5.97 Å². The summed E-state index contributed by atoms with van der Waals surface area (Å²) in [5, 5.41) is 11.8. The van der Waals surface area contributed by atoms with Crippen LogP contribution in [-0.4, -0.2) is 23.2 Å². The molecule has 0 aliphatic carbocycles. The van der Waals surface area contributed by atoms with Gasteiger partial charge < -0.3 is 10.4 Å². The van der Waals surface area contributed by atoms with Crippen molar-refractivity contribution in [3.05, 3.63) is 70.8 Å². The molecule has 2 aromatic rings. The standard InChI is InChI=1S/C19H21NO3S/c1-24-13-16-4-2-3-15(11-16)12-20-18(21)10-7-14-5-8-17(9-6-14)19(22)23/h2-6,8-9,11H,7,10,12-13H2,1H3,(H,20,21)(H,22,23). The number of nitrogens with one attached hydrogen (secondary N) is 1. The van der Waals surface area contributed by atoms with E-state index in [9.17, 15) is 9.59 Å². The van der Waals surface area contributed by atoms with Gasteiger partial charge in [-0.2, -0.15) is 11.8 Å². The molecule has 0 radical (unpaired) electrons. The lowest BCUT2D eigenvalue weighted by Crippen LogP contribution is -2.23. The number of aromatic carboxylic acids is 1. The summed E-state index contributed by atoms with van der Waals surface area (Å²) in [5.74, 6) is 0.0179. The first-order valence-electron chi connectivity index (χ1n) is 7.74. The van der Waals surface area contributed by atoms with Crippen LogP contribution in [0.5, 0.6) is 0 Å². The number of carbonyl (C=O) groups is 2. The lowest BCUT2D eigenvalue weighted by molar-refractivity contribution is -0.121. The fraction of sp³-hybridized carbons (Fsp3) is 0.263. The molecule has 2 aromatic carbocycles. The molecule has 0 aromatic heterocycles. The summed E-state index contributed by atoms with van der Waals surface area (Å²) in [6.07, 6.45) is 3.05. The third-order valence-corrected chi connectivity index (χ3v) is 4.26. The molecular weight excluding hydrogens is 322 g/mol. The van der Waals surface area contributed by atoms with E-state index in [1.807, 2.05) is 12.1 Å². The molecule has 5 heteroatoms. The molecule has 126 valence electrons. The fourth-order valence-corrected chi connectivity index (χ4v) is 2.87. The number of carbonyl (C=O) groups excluding carboxylic acids is 1. The number of amides is 1. The van der Waals surface area contributed by atoms with Crippen molar-refractivity contribution in [3.63, 3.8) is 0 Å². The molecule has 0 unspecified atom stereocenters. The fourth-order valence-electron chi connectivity index (χ4n) is 2.36. The Kier molecular flexibility index (Phi) is 6.88. The maximum absolute atomic E-state index is 12.0. The molecule has 0 heterocycles. The van der Waals surface area contributed by atoms with Crippen molar-refractivity contribution in [2.75, 3.05) is 6.26 Å². The second kappa shape index (κ2) is 9.13. The quantitative estimate of drug-likeness (QED) is 0.770. The lowest BCUT2D eigenvalue weighted by Gasteiger charge is -2.07. The maximum atomic E-state index is 12.0. The van der Waals surface area contributed by atoms with Crippen LogP contribution in [0.1, 0.15) is 33.5 Å². The minimum absolute atomic E-state index is 0.00687. The molecule has 24 heavy (non-hydrogen) atoms. The third-order valence-electron chi connectivity index (χ3n) is 3.63. The Labute approximate surface area is 146 Å². The smallest absolute Gasteiger partial charge is 0.335 e. The van der Waals surface area contributed by atoms with E-state index in [0.717, 1.165) is 16.9 Å². The Balaban J connectivity index is 1.79. The van der Waals surface area contributed by atoms with Crippen LogP contribution in [0.2, 0.25) is 0 Å². The number of carboxylic acids is 1. The Morgan fingerprint density at radius 2 is 1.75 bits per heavy atom. The maximum Gasteiger partial charge on any atom is 0.335 e. The normalized spacial score (nSPS) is 10.4. The summed E-state index contributed by atoms with van der Waals surface area (Å²) in [7, 11) is 0. The van der Waals surface area contributed by atoms with Gasteiger partial charge in [-0.25, -0.2) is 4.79 Å². The zero-order valence-electron chi connectivity index (χ0n) is 13.6. The Bertz CT molecular complexity index is 698. The summed E-state index contributed by atoms with van der Waals surface area (Å²) in [6, 6.07) is 14.8. The Morgan fingerprint density at radius 1 is 1.04 bits per heavy atom. The predicted octanol–water partition coefficient (Wildman–Crippen LogP) is 3.50. The van der Waals surface area contributed by atoms with Crippen LogP contribution >= 0.6 is 11.8 Å². The van der Waals surface area contributed by atoms with Crippen LogP contribution in [0.4, 0.5) is 0 Å². The van der Waals surface area contributed by atoms with Crippen LogP contribution in [0.25, 0.3) is 0 Å². The van der Waals surface area contributed by atoms with Gasteiger partial charge in [-0.3, -0.25) is 4.79 Å². The second-order valence-electron chi connectivity index (χ2n) is 5.53. The van der Waals surface area contributed by atoms with Gasteiger partial charge in [0.15, 0.2) is 0 Å². The highest BCUT2D eigenvalue weighted by atomic mass is 32.2. The molecule has 0 fully saturated rings. The number of thioether (sulfide) groups is 1. The topological polar surface area (TPSA) is 66.4 Å². The first-order valence-corrected chi connectivity index (χ1v) is 9.13. The van der Waals surface area contributed by atoms with E-state index in [-0.39, 0.29) is 11.5 Å². The summed E-state index contributed by atoms with van der Waals surface area (Å²) >= 11 is 1.77. The van der Waals surface area contributed by atoms with Gasteiger partial charge in [0.25, 0.3) is 0 Å². The van der Waals surface area contributed by atoms with Crippen molar-refractivity contribution in [1.29, 1.82) is 0 Å². The number of hydrogen-bond donors (Lipinski definition) is 2. The van der Waals surface area contributed by atoms with Gasteiger partial charge in [0.1, 0.15) is 0 Å². The zero-order chi connectivity index (χ0) is 17.4. The number of rotatable bonds is 8.